The van der Waals surface area contributed by atoms with Crippen LogP contribution in [0.25, 0.3) is 0 Å². The van der Waals surface area contributed by atoms with E-state index < -0.39 is 10.0 Å². The van der Waals surface area contributed by atoms with Gasteiger partial charge in [-0.25, -0.2) is 8.42 Å². The summed E-state index contributed by atoms with van der Waals surface area (Å²) in [4.78, 5) is 0.165. The Hall–Kier alpha value is -0.820. The number of rotatable bonds is 7. The first-order valence-electron chi connectivity index (χ1n) is 6.82. The Morgan fingerprint density at radius 3 is 2.52 bits per heavy atom. The number of anilines is 1. The van der Waals surface area contributed by atoms with Crippen LogP contribution < -0.4 is 5.73 Å². The minimum Gasteiger partial charge on any atom is -0.397 e. The second-order valence-electron chi connectivity index (χ2n) is 5.01. The van der Waals surface area contributed by atoms with Gasteiger partial charge in [0.15, 0.2) is 0 Å². The van der Waals surface area contributed by atoms with Gasteiger partial charge in [0.1, 0.15) is 0 Å². The summed E-state index contributed by atoms with van der Waals surface area (Å²) in [6, 6.07) is 2.84. The standard InChI is InChI=1S/C14H23ClN2O3S/c1-5-11(3)17(6-7-20-4)21(18,19)12-8-10(2)14(15)13(16)9-12/h8-9,11H,5-7,16H2,1-4H3. The quantitative estimate of drug-likeness (QED) is 0.778. The summed E-state index contributed by atoms with van der Waals surface area (Å²) >= 11 is 6.00. The van der Waals surface area contributed by atoms with Crippen molar-refractivity contribution in [1.82, 2.24) is 4.31 Å². The van der Waals surface area contributed by atoms with Crippen LogP contribution in [-0.4, -0.2) is 39.0 Å². The summed E-state index contributed by atoms with van der Waals surface area (Å²) in [5, 5.41) is 0.390. The lowest BCUT2D eigenvalue weighted by molar-refractivity contribution is 0.167. The molecule has 0 radical (unpaired) electrons. The van der Waals surface area contributed by atoms with E-state index in [2.05, 4.69) is 0 Å². The molecule has 120 valence electrons. The maximum Gasteiger partial charge on any atom is 0.243 e. The molecule has 1 aromatic rings. The summed E-state index contributed by atoms with van der Waals surface area (Å²) in [7, 11) is -2.08. The van der Waals surface area contributed by atoms with Crippen molar-refractivity contribution in [3.63, 3.8) is 0 Å². The molecular weight excluding hydrogens is 312 g/mol. The van der Waals surface area contributed by atoms with E-state index in [-0.39, 0.29) is 16.6 Å². The molecule has 5 nitrogen and oxygen atoms in total. The number of halogens is 1. The Morgan fingerprint density at radius 2 is 2.05 bits per heavy atom. The van der Waals surface area contributed by atoms with Crippen LogP contribution >= 0.6 is 11.6 Å². The van der Waals surface area contributed by atoms with Crippen LogP contribution in [0, 0.1) is 6.92 Å². The van der Waals surface area contributed by atoms with Gasteiger partial charge in [-0.05, 0) is 38.0 Å². The number of sulfonamides is 1. The van der Waals surface area contributed by atoms with Gasteiger partial charge in [-0.3, -0.25) is 0 Å². The monoisotopic (exact) mass is 334 g/mol. The van der Waals surface area contributed by atoms with E-state index in [1.54, 1.807) is 20.1 Å². The predicted octanol–water partition coefficient (Wildman–Crippen LogP) is 2.67. The van der Waals surface area contributed by atoms with Crippen molar-refractivity contribution in [1.29, 1.82) is 0 Å². The second-order valence-corrected chi connectivity index (χ2v) is 7.28. The van der Waals surface area contributed by atoms with Gasteiger partial charge in [-0.2, -0.15) is 4.31 Å². The molecule has 7 heteroatoms. The summed E-state index contributed by atoms with van der Waals surface area (Å²) < 4.78 is 32.1. The van der Waals surface area contributed by atoms with E-state index in [9.17, 15) is 8.42 Å². The zero-order chi connectivity index (χ0) is 16.2. The first kappa shape index (κ1) is 18.2. The molecule has 0 spiro atoms. The average Bonchev–Trinajstić information content (AvgIpc) is 2.43. The molecule has 1 atom stereocenters. The zero-order valence-electron chi connectivity index (χ0n) is 12.9. The third kappa shape index (κ3) is 4.10. The maximum absolute atomic E-state index is 12.8. The third-order valence-corrected chi connectivity index (χ3v) is 5.97. The molecular formula is C14H23ClN2O3S. The van der Waals surface area contributed by atoms with Crippen LogP contribution in [0.3, 0.4) is 0 Å². The minimum absolute atomic E-state index is 0.123. The highest BCUT2D eigenvalue weighted by Gasteiger charge is 2.28. The van der Waals surface area contributed by atoms with Crippen molar-refractivity contribution in [3.05, 3.63) is 22.7 Å². The summed E-state index contributed by atoms with van der Waals surface area (Å²) in [5.74, 6) is 0. The maximum atomic E-state index is 12.8. The van der Waals surface area contributed by atoms with Crippen molar-refractivity contribution in [3.8, 4) is 0 Å². The average molecular weight is 335 g/mol. The second kappa shape index (κ2) is 7.45. The van der Waals surface area contributed by atoms with E-state index in [0.29, 0.717) is 30.2 Å². The lowest BCUT2D eigenvalue weighted by Crippen LogP contribution is -2.40. The number of methoxy groups -OCH3 is 1. The van der Waals surface area contributed by atoms with Gasteiger partial charge in [-0.1, -0.05) is 18.5 Å². The van der Waals surface area contributed by atoms with Crippen molar-refractivity contribution < 1.29 is 13.2 Å². The first-order valence-corrected chi connectivity index (χ1v) is 8.63. The molecule has 0 aliphatic heterocycles. The Morgan fingerprint density at radius 1 is 1.43 bits per heavy atom. The van der Waals surface area contributed by atoms with E-state index in [1.807, 2.05) is 13.8 Å². The van der Waals surface area contributed by atoms with Crippen LogP contribution in [-0.2, 0) is 14.8 Å². The normalized spacial score (nSPS) is 13.6. The van der Waals surface area contributed by atoms with Gasteiger partial charge >= 0.3 is 0 Å². The molecule has 0 bridgehead atoms. The Balaban J connectivity index is 3.28. The van der Waals surface area contributed by atoms with E-state index >= 15 is 0 Å². The fourth-order valence-electron chi connectivity index (χ4n) is 2.01. The van der Waals surface area contributed by atoms with Crippen LogP contribution in [0.4, 0.5) is 5.69 Å². The van der Waals surface area contributed by atoms with Gasteiger partial charge in [0, 0.05) is 19.7 Å². The highest BCUT2D eigenvalue weighted by Crippen LogP contribution is 2.29. The molecule has 0 saturated heterocycles. The fraction of sp³-hybridized carbons (Fsp3) is 0.571. The molecule has 21 heavy (non-hydrogen) atoms. The molecule has 0 fully saturated rings. The van der Waals surface area contributed by atoms with Crippen LogP contribution in [0.5, 0.6) is 0 Å². The van der Waals surface area contributed by atoms with Gasteiger partial charge in [0.2, 0.25) is 10.0 Å². The van der Waals surface area contributed by atoms with Crippen molar-refractivity contribution >= 4 is 27.3 Å². The van der Waals surface area contributed by atoms with Gasteiger partial charge < -0.3 is 10.5 Å². The Labute approximate surface area is 132 Å². The lowest BCUT2D eigenvalue weighted by atomic mass is 10.2. The number of benzene rings is 1. The number of aryl methyl sites for hydroxylation is 1. The molecule has 1 unspecified atom stereocenters. The zero-order valence-corrected chi connectivity index (χ0v) is 14.5. The minimum atomic E-state index is -3.63. The van der Waals surface area contributed by atoms with Crippen LogP contribution in [0.15, 0.2) is 17.0 Å². The molecule has 0 amide bonds. The SMILES string of the molecule is CCC(C)N(CCOC)S(=O)(=O)c1cc(C)c(Cl)c(N)c1. The molecule has 0 heterocycles. The van der Waals surface area contributed by atoms with E-state index in [0.717, 1.165) is 0 Å². The number of hydrogen-bond donors (Lipinski definition) is 1. The molecule has 1 rings (SSSR count). The molecule has 1 aromatic carbocycles. The summed E-state index contributed by atoms with van der Waals surface area (Å²) in [6.45, 7) is 6.20. The number of ether oxygens (including phenoxy) is 1. The van der Waals surface area contributed by atoms with Crippen molar-refractivity contribution in [2.75, 3.05) is 26.0 Å². The molecule has 2 N–H and O–H groups in total. The smallest absolute Gasteiger partial charge is 0.243 e. The number of nitrogen functional groups attached to an aromatic ring is 1. The van der Waals surface area contributed by atoms with Crippen molar-refractivity contribution in [2.45, 2.75) is 38.1 Å². The van der Waals surface area contributed by atoms with E-state index in [4.69, 9.17) is 22.1 Å². The number of nitrogens with zero attached hydrogens (tertiary/aromatic N) is 1. The van der Waals surface area contributed by atoms with E-state index in [1.165, 1.54) is 10.4 Å². The topological polar surface area (TPSA) is 72.6 Å². The van der Waals surface area contributed by atoms with Gasteiger partial charge in [0.25, 0.3) is 0 Å². The molecule has 0 saturated carbocycles. The lowest BCUT2D eigenvalue weighted by Gasteiger charge is -2.27. The largest absolute Gasteiger partial charge is 0.397 e. The Bertz CT molecular complexity index is 567. The van der Waals surface area contributed by atoms with Crippen LogP contribution in [0.1, 0.15) is 25.8 Å². The van der Waals surface area contributed by atoms with Gasteiger partial charge in [0.05, 0.1) is 22.2 Å². The third-order valence-electron chi connectivity index (χ3n) is 3.46. The molecule has 0 aliphatic carbocycles. The fourth-order valence-corrected chi connectivity index (χ4v) is 3.93. The highest BCUT2D eigenvalue weighted by atomic mass is 35.5. The van der Waals surface area contributed by atoms with Gasteiger partial charge in [-0.15, -0.1) is 0 Å². The highest BCUT2D eigenvalue weighted by molar-refractivity contribution is 7.89. The summed E-state index contributed by atoms with van der Waals surface area (Å²) in [5.41, 5.74) is 6.70. The first-order chi connectivity index (χ1) is 9.75. The van der Waals surface area contributed by atoms with Crippen LogP contribution in [0.2, 0.25) is 5.02 Å². The van der Waals surface area contributed by atoms with Crippen molar-refractivity contribution in [2.24, 2.45) is 0 Å². The molecule has 0 aromatic heterocycles. The molecule has 0 aliphatic rings. The number of hydrogen-bond acceptors (Lipinski definition) is 4. The number of nitrogens with two attached hydrogens (primary N) is 1. The Kier molecular flexibility index (Phi) is 6.46. The summed E-state index contributed by atoms with van der Waals surface area (Å²) in [6.07, 6.45) is 0.713. The predicted molar refractivity (Wildman–Crippen MR) is 86.1 cm³/mol.